The topological polar surface area (TPSA) is 66.5 Å². The number of hydrogen-bond donors (Lipinski definition) is 1. The molecular weight excluding hydrogens is 379 g/mol. The second-order valence-electron chi connectivity index (χ2n) is 7.29. The molecule has 0 radical (unpaired) electrons. The summed E-state index contributed by atoms with van der Waals surface area (Å²) < 4.78 is 39.9. The van der Waals surface area contributed by atoms with Gasteiger partial charge in [0.2, 0.25) is 15.9 Å². The summed E-state index contributed by atoms with van der Waals surface area (Å²) in [5.41, 5.74) is 1.43. The predicted octanol–water partition coefficient (Wildman–Crippen LogP) is 3.82. The Balaban J connectivity index is 1.56. The molecule has 1 fully saturated rings. The maximum Gasteiger partial charge on any atom is 0.243 e. The van der Waals surface area contributed by atoms with Gasteiger partial charge in [-0.3, -0.25) is 4.79 Å². The number of nitrogens with one attached hydrogen (secondary N) is 1. The first-order chi connectivity index (χ1) is 13.3. The minimum atomic E-state index is -3.49. The van der Waals surface area contributed by atoms with E-state index in [4.69, 9.17) is 0 Å². The quantitative estimate of drug-likeness (QED) is 0.796. The fraction of sp³-hybridized carbons (Fsp3) is 0.381. The second-order valence-corrected chi connectivity index (χ2v) is 9.22. The summed E-state index contributed by atoms with van der Waals surface area (Å²) in [6.07, 6.45) is 2.52. The Labute approximate surface area is 165 Å². The molecule has 0 saturated carbocycles. The SMILES string of the molecule is CC1CCN(S(=O)(=O)c2ccc(NC(=O)CCc3ccc(F)cc3)cc2)CC1. The monoisotopic (exact) mass is 404 g/mol. The van der Waals surface area contributed by atoms with Gasteiger partial charge in [-0.15, -0.1) is 0 Å². The van der Waals surface area contributed by atoms with Gasteiger partial charge in [0.05, 0.1) is 4.90 Å². The summed E-state index contributed by atoms with van der Waals surface area (Å²) in [4.78, 5) is 12.3. The van der Waals surface area contributed by atoms with Crippen LogP contribution in [0.5, 0.6) is 0 Å². The Kier molecular flexibility index (Phi) is 6.46. The highest BCUT2D eigenvalue weighted by atomic mass is 32.2. The molecule has 28 heavy (non-hydrogen) atoms. The number of sulfonamides is 1. The number of anilines is 1. The van der Waals surface area contributed by atoms with Gasteiger partial charge in [0.1, 0.15) is 5.82 Å². The molecule has 0 aromatic heterocycles. The van der Waals surface area contributed by atoms with E-state index < -0.39 is 10.0 Å². The molecular formula is C21H25FN2O3S. The van der Waals surface area contributed by atoms with E-state index in [-0.39, 0.29) is 23.0 Å². The Hall–Kier alpha value is -2.25. The molecule has 0 spiro atoms. The molecule has 0 aliphatic carbocycles. The third-order valence-electron chi connectivity index (χ3n) is 5.07. The van der Waals surface area contributed by atoms with Crippen LogP contribution in [0, 0.1) is 11.7 Å². The van der Waals surface area contributed by atoms with Crippen LogP contribution in [0.1, 0.15) is 31.7 Å². The molecule has 150 valence electrons. The summed E-state index contributed by atoms with van der Waals surface area (Å²) in [6, 6.07) is 12.3. The van der Waals surface area contributed by atoms with Crippen LogP contribution in [0.15, 0.2) is 53.4 Å². The molecule has 1 aliphatic heterocycles. The van der Waals surface area contributed by atoms with E-state index in [9.17, 15) is 17.6 Å². The van der Waals surface area contributed by atoms with Crippen LogP contribution < -0.4 is 5.32 Å². The Morgan fingerprint density at radius 1 is 1.07 bits per heavy atom. The molecule has 7 heteroatoms. The van der Waals surface area contributed by atoms with Crippen LogP contribution in [-0.4, -0.2) is 31.7 Å². The highest BCUT2D eigenvalue weighted by molar-refractivity contribution is 7.89. The van der Waals surface area contributed by atoms with Gasteiger partial charge < -0.3 is 5.32 Å². The molecule has 1 amide bonds. The van der Waals surface area contributed by atoms with Crippen molar-refractivity contribution in [3.63, 3.8) is 0 Å². The van der Waals surface area contributed by atoms with Crippen LogP contribution in [0.2, 0.25) is 0 Å². The molecule has 1 saturated heterocycles. The van der Waals surface area contributed by atoms with Crippen LogP contribution in [0.4, 0.5) is 10.1 Å². The van der Waals surface area contributed by atoms with Crippen molar-refractivity contribution < 1.29 is 17.6 Å². The first-order valence-electron chi connectivity index (χ1n) is 9.49. The highest BCUT2D eigenvalue weighted by Gasteiger charge is 2.27. The molecule has 1 heterocycles. The van der Waals surface area contributed by atoms with E-state index in [0.29, 0.717) is 31.1 Å². The van der Waals surface area contributed by atoms with Crippen molar-refractivity contribution in [2.45, 2.75) is 37.5 Å². The van der Waals surface area contributed by atoms with Crippen molar-refractivity contribution in [1.82, 2.24) is 4.31 Å². The number of aryl methyl sites for hydroxylation is 1. The van der Waals surface area contributed by atoms with Gasteiger partial charge in [-0.05, 0) is 67.1 Å². The zero-order valence-corrected chi connectivity index (χ0v) is 16.7. The second kappa shape index (κ2) is 8.84. The van der Waals surface area contributed by atoms with Crippen molar-refractivity contribution >= 4 is 21.6 Å². The van der Waals surface area contributed by atoms with Crippen LogP contribution >= 0.6 is 0 Å². The van der Waals surface area contributed by atoms with E-state index in [1.54, 1.807) is 24.3 Å². The number of benzene rings is 2. The number of hydrogen-bond acceptors (Lipinski definition) is 3. The lowest BCUT2D eigenvalue weighted by Crippen LogP contribution is -2.37. The maximum absolute atomic E-state index is 12.9. The number of amides is 1. The summed E-state index contributed by atoms with van der Waals surface area (Å²) in [6.45, 7) is 3.23. The Bertz CT molecular complexity index is 904. The van der Waals surface area contributed by atoms with Gasteiger partial charge in [0.25, 0.3) is 0 Å². The predicted molar refractivity (Wildman–Crippen MR) is 107 cm³/mol. The fourth-order valence-corrected chi connectivity index (χ4v) is 4.69. The number of carbonyl (C=O) groups excluding carboxylic acids is 1. The largest absolute Gasteiger partial charge is 0.326 e. The molecule has 0 bridgehead atoms. The first-order valence-corrected chi connectivity index (χ1v) is 10.9. The summed E-state index contributed by atoms with van der Waals surface area (Å²) in [5, 5.41) is 2.77. The minimum Gasteiger partial charge on any atom is -0.326 e. The van der Waals surface area contributed by atoms with E-state index >= 15 is 0 Å². The Morgan fingerprint density at radius 3 is 2.29 bits per heavy atom. The number of halogens is 1. The molecule has 2 aromatic carbocycles. The summed E-state index contributed by atoms with van der Waals surface area (Å²) in [5.74, 6) is 0.0752. The van der Waals surface area contributed by atoms with E-state index in [1.165, 1.54) is 28.6 Å². The number of carbonyl (C=O) groups is 1. The number of piperidine rings is 1. The minimum absolute atomic E-state index is 0.176. The van der Waals surface area contributed by atoms with Gasteiger partial charge in [-0.2, -0.15) is 4.31 Å². The van der Waals surface area contributed by atoms with Gasteiger partial charge in [-0.1, -0.05) is 19.1 Å². The van der Waals surface area contributed by atoms with Crippen molar-refractivity contribution in [1.29, 1.82) is 0 Å². The van der Waals surface area contributed by atoms with Gasteiger partial charge in [0.15, 0.2) is 0 Å². The van der Waals surface area contributed by atoms with Crippen molar-refractivity contribution in [3.05, 3.63) is 59.9 Å². The summed E-state index contributed by atoms with van der Waals surface area (Å²) in [7, 11) is -3.49. The van der Waals surface area contributed by atoms with Crippen LogP contribution in [0.25, 0.3) is 0 Å². The molecule has 0 atom stereocenters. The third-order valence-corrected chi connectivity index (χ3v) is 6.99. The lowest BCUT2D eigenvalue weighted by molar-refractivity contribution is -0.116. The van der Waals surface area contributed by atoms with Gasteiger partial charge in [-0.25, -0.2) is 12.8 Å². The smallest absolute Gasteiger partial charge is 0.243 e. The highest BCUT2D eigenvalue weighted by Crippen LogP contribution is 2.24. The number of nitrogens with zero attached hydrogens (tertiary/aromatic N) is 1. The van der Waals surface area contributed by atoms with Crippen molar-refractivity contribution in [2.24, 2.45) is 5.92 Å². The molecule has 1 N–H and O–H groups in total. The third kappa shape index (κ3) is 5.17. The lowest BCUT2D eigenvalue weighted by atomic mass is 10.0. The van der Waals surface area contributed by atoms with E-state index in [0.717, 1.165) is 18.4 Å². The first kappa shape index (κ1) is 20.5. The standard InChI is InChI=1S/C21H25FN2O3S/c1-16-12-14-24(15-13-16)28(26,27)20-9-7-19(8-10-20)23-21(25)11-4-17-2-5-18(22)6-3-17/h2-3,5-10,16H,4,11-15H2,1H3,(H,23,25). The average molecular weight is 405 g/mol. The van der Waals surface area contributed by atoms with Gasteiger partial charge in [0, 0.05) is 25.2 Å². The zero-order valence-electron chi connectivity index (χ0n) is 15.9. The van der Waals surface area contributed by atoms with E-state index in [1.807, 2.05) is 0 Å². The molecule has 1 aliphatic rings. The normalized spacial score (nSPS) is 16.1. The average Bonchev–Trinajstić information content (AvgIpc) is 2.68. The zero-order chi connectivity index (χ0) is 20.1. The number of rotatable bonds is 6. The fourth-order valence-electron chi connectivity index (χ4n) is 3.22. The van der Waals surface area contributed by atoms with Crippen molar-refractivity contribution in [3.8, 4) is 0 Å². The van der Waals surface area contributed by atoms with Gasteiger partial charge >= 0.3 is 0 Å². The molecule has 3 rings (SSSR count). The van der Waals surface area contributed by atoms with Crippen molar-refractivity contribution in [2.75, 3.05) is 18.4 Å². The maximum atomic E-state index is 12.9. The van der Waals surface area contributed by atoms with Crippen LogP contribution in [0.3, 0.4) is 0 Å². The summed E-state index contributed by atoms with van der Waals surface area (Å²) >= 11 is 0. The molecule has 2 aromatic rings. The molecule has 0 unspecified atom stereocenters. The Morgan fingerprint density at radius 2 is 1.68 bits per heavy atom. The lowest BCUT2D eigenvalue weighted by Gasteiger charge is -2.29. The van der Waals surface area contributed by atoms with E-state index in [2.05, 4.69) is 12.2 Å². The van der Waals surface area contributed by atoms with Crippen LogP contribution in [-0.2, 0) is 21.2 Å². The molecule has 5 nitrogen and oxygen atoms in total.